The van der Waals surface area contributed by atoms with Gasteiger partial charge in [0.05, 0.1) is 26.4 Å². The van der Waals surface area contributed by atoms with Gasteiger partial charge in [-0.1, -0.05) is 31.4 Å². The Balaban J connectivity index is 0.00000341. The van der Waals surface area contributed by atoms with E-state index in [0.29, 0.717) is 25.7 Å². The van der Waals surface area contributed by atoms with E-state index < -0.39 is 0 Å². The second-order valence-electron chi connectivity index (χ2n) is 8.69. The van der Waals surface area contributed by atoms with Gasteiger partial charge in [0.15, 0.2) is 5.96 Å². The molecule has 0 radical (unpaired) electrons. The molecule has 0 spiro atoms. The third-order valence-corrected chi connectivity index (χ3v) is 6.48. The van der Waals surface area contributed by atoms with Gasteiger partial charge in [0.1, 0.15) is 5.82 Å². The highest BCUT2D eigenvalue weighted by Gasteiger charge is 2.35. The van der Waals surface area contributed by atoms with Crippen molar-refractivity contribution in [2.24, 2.45) is 10.9 Å². The van der Waals surface area contributed by atoms with Crippen molar-refractivity contribution in [2.45, 2.75) is 50.9 Å². The molecular weight excluding hydrogens is 508 g/mol. The van der Waals surface area contributed by atoms with Gasteiger partial charge in [0.2, 0.25) is 0 Å². The van der Waals surface area contributed by atoms with Crippen LogP contribution in [0.2, 0.25) is 0 Å². The predicted octanol–water partition coefficient (Wildman–Crippen LogP) is 4.60. The van der Waals surface area contributed by atoms with Gasteiger partial charge >= 0.3 is 0 Å². The summed E-state index contributed by atoms with van der Waals surface area (Å²) in [7, 11) is 1.70. The lowest BCUT2D eigenvalue weighted by molar-refractivity contribution is 0.0536. The van der Waals surface area contributed by atoms with E-state index in [1.54, 1.807) is 13.2 Å². The number of guanidine groups is 1. The van der Waals surface area contributed by atoms with Gasteiger partial charge in [-0.15, -0.1) is 24.0 Å². The first-order valence-corrected chi connectivity index (χ1v) is 11.5. The molecule has 5 nitrogen and oxygen atoms in total. The van der Waals surface area contributed by atoms with Gasteiger partial charge in [-0.3, -0.25) is 4.99 Å². The smallest absolute Gasteiger partial charge is 0.193 e. The molecule has 0 aromatic heterocycles. The number of nitrogens with one attached hydrogen (secondary N) is 1. The summed E-state index contributed by atoms with van der Waals surface area (Å²) >= 11 is 0. The van der Waals surface area contributed by atoms with Crippen LogP contribution in [0.3, 0.4) is 0 Å². The number of hydrogen-bond acceptors (Lipinski definition) is 3. The first-order valence-electron chi connectivity index (χ1n) is 11.5. The Morgan fingerprint density at radius 3 is 2.77 bits per heavy atom. The second kappa shape index (κ2) is 13.6. The maximum Gasteiger partial charge on any atom is 0.193 e. The van der Waals surface area contributed by atoms with Gasteiger partial charge in [-0.25, -0.2) is 4.39 Å². The van der Waals surface area contributed by atoms with Crippen LogP contribution in [0.25, 0.3) is 0 Å². The lowest BCUT2D eigenvalue weighted by Crippen LogP contribution is -2.42. The first kappa shape index (κ1) is 26.3. The number of halogens is 2. The van der Waals surface area contributed by atoms with Crippen LogP contribution in [0, 0.1) is 11.7 Å². The van der Waals surface area contributed by atoms with Crippen LogP contribution >= 0.6 is 24.0 Å². The van der Waals surface area contributed by atoms with E-state index in [4.69, 9.17) is 14.5 Å². The summed E-state index contributed by atoms with van der Waals surface area (Å²) in [6.07, 6.45) is 6.91. The molecule has 1 aromatic rings. The SMILES string of the molecule is CCNC(=NCC1(c2cccc(F)c2)CCCCC1)N1CCC(COCCOC)C1.I. The van der Waals surface area contributed by atoms with Gasteiger partial charge in [0, 0.05) is 38.1 Å². The van der Waals surface area contributed by atoms with Gasteiger partial charge in [-0.2, -0.15) is 0 Å². The molecule has 3 rings (SSSR count). The Morgan fingerprint density at radius 2 is 2.06 bits per heavy atom. The summed E-state index contributed by atoms with van der Waals surface area (Å²) in [5.74, 6) is 1.36. The predicted molar refractivity (Wildman–Crippen MR) is 135 cm³/mol. The Hall–Kier alpha value is -0.930. The average molecular weight is 547 g/mol. The van der Waals surface area contributed by atoms with E-state index >= 15 is 0 Å². The van der Waals surface area contributed by atoms with Crippen LogP contribution in [-0.2, 0) is 14.9 Å². The van der Waals surface area contributed by atoms with Crippen molar-refractivity contribution < 1.29 is 13.9 Å². The number of benzene rings is 1. The molecule has 1 N–H and O–H groups in total. The van der Waals surface area contributed by atoms with Crippen LogP contribution in [0.4, 0.5) is 4.39 Å². The fourth-order valence-corrected chi connectivity index (χ4v) is 4.79. The lowest BCUT2D eigenvalue weighted by atomic mass is 9.69. The summed E-state index contributed by atoms with van der Waals surface area (Å²) in [5.41, 5.74) is 1.05. The molecule has 1 saturated carbocycles. The molecule has 7 heteroatoms. The Labute approximate surface area is 204 Å². The zero-order valence-electron chi connectivity index (χ0n) is 19.1. The zero-order valence-corrected chi connectivity index (χ0v) is 21.4. The number of methoxy groups -OCH3 is 1. The second-order valence-corrected chi connectivity index (χ2v) is 8.69. The third kappa shape index (κ3) is 7.56. The van der Waals surface area contributed by atoms with Crippen molar-refractivity contribution in [1.82, 2.24) is 10.2 Å². The van der Waals surface area contributed by atoms with Gasteiger partial charge in [0.25, 0.3) is 0 Å². The standard InChI is InChI=1S/C24H38FN3O2.HI/c1-3-26-23(28-13-10-20(17-28)18-30-15-14-29-2)27-19-24(11-5-4-6-12-24)21-8-7-9-22(25)16-21;/h7-9,16,20H,3-6,10-15,17-19H2,1-2H3,(H,26,27);1H. The molecule has 1 heterocycles. The minimum absolute atomic E-state index is 0. The maximum atomic E-state index is 14.0. The highest BCUT2D eigenvalue weighted by molar-refractivity contribution is 14.0. The summed E-state index contributed by atoms with van der Waals surface area (Å²) < 4.78 is 24.8. The molecule has 1 aliphatic heterocycles. The molecule has 1 aliphatic carbocycles. The molecule has 2 aliphatic rings. The molecule has 31 heavy (non-hydrogen) atoms. The Morgan fingerprint density at radius 1 is 1.26 bits per heavy atom. The number of ether oxygens (including phenoxy) is 2. The third-order valence-electron chi connectivity index (χ3n) is 6.48. The van der Waals surface area contributed by atoms with Crippen molar-refractivity contribution in [2.75, 3.05) is 53.1 Å². The van der Waals surface area contributed by atoms with Gasteiger partial charge in [-0.05, 0) is 43.9 Å². The number of nitrogens with zero attached hydrogens (tertiary/aromatic N) is 2. The van der Waals surface area contributed by atoms with Crippen LogP contribution in [0.15, 0.2) is 29.3 Å². The number of hydrogen-bond donors (Lipinski definition) is 1. The highest BCUT2D eigenvalue weighted by atomic mass is 127. The topological polar surface area (TPSA) is 46.1 Å². The molecule has 0 amide bonds. The lowest BCUT2D eigenvalue weighted by Gasteiger charge is -2.37. The molecule has 1 unspecified atom stereocenters. The van der Waals surface area contributed by atoms with E-state index in [9.17, 15) is 4.39 Å². The summed E-state index contributed by atoms with van der Waals surface area (Å²) in [4.78, 5) is 7.45. The molecule has 0 bridgehead atoms. The van der Waals surface area contributed by atoms with Crippen LogP contribution in [0.1, 0.15) is 51.0 Å². The molecule has 1 atom stereocenters. The monoisotopic (exact) mass is 547 g/mol. The van der Waals surface area contributed by atoms with E-state index in [1.165, 1.54) is 25.3 Å². The van der Waals surface area contributed by atoms with E-state index in [2.05, 4.69) is 23.2 Å². The van der Waals surface area contributed by atoms with Crippen molar-refractivity contribution >= 4 is 29.9 Å². The summed E-state index contributed by atoms with van der Waals surface area (Å²) in [6.45, 7) is 7.69. The number of likely N-dealkylation sites (tertiary alicyclic amines) is 1. The molecular formula is C24H39FIN3O2. The fourth-order valence-electron chi connectivity index (χ4n) is 4.79. The van der Waals surface area contributed by atoms with Crippen molar-refractivity contribution in [1.29, 1.82) is 0 Å². The minimum Gasteiger partial charge on any atom is -0.382 e. The number of rotatable bonds is 9. The van der Waals surface area contributed by atoms with Crippen LogP contribution in [0.5, 0.6) is 0 Å². The van der Waals surface area contributed by atoms with Crippen molar-refractivity contribution in [3.05, 3.63) is 35.6 Å². The fraction of sp³-hybridized carbons (Fsp3) is 0.708. The maximum absolute atomic E-state index is 14.0. The largest absolute Gasteiger partial charge is 0.382 e. The first-order chi connectivity index (χ1) is 14.7. The normalized spacial score (nSPS) is 21.1. The minimum atomic E-state index is -0.149. The molecule has 1 aromatic carbocycles. The van der Waals surface area contributed by atoms with Gasteiger partial charge < -0.3 is 19.7 Å². The summed E-state index contributed by atoms with van der Waals surface area (Å²) in [5, 5.41) is 3.48. The number of aliphatic imine (C=N–C) groups is 1. The summed E-state index contributed by atoms with van der Waals surface area (Å²) in [6, 6.07) is 7.17. The molecule has 1 saturated heterocycles. The molecule has 176 valence electrons. The quantitative estimate of drug-likeness (QED) is 0.213. The van der Waals surface area contributed by atoms with Crippen LogP contribution in [-0.4, -0.2) is 64.0 Å². The Kier molecular flexibility index (Phi) is 11.5. The van der Waals surface area contributed by atoms with Crippen molar-refractivity contribution in [3.63, 3.8) is 0 Å². The van der Waals surface area contributed by atoms with E-state index in [-0.39, 0.29) is 35.2 Å². The Bertz CT molecular complexity index is 683. The molecule has 2 fully saturated rings. The average Bonchev–Trinajstić information content (AvgIpc) is 3.24. The zero-order chi connectivity index (χ0) is 21.2. The van der Waals surface area contributed by atoms with E-state index in [1.807, 2.05) is 6.07 Å². The van der Waals surface area contributed by atoms with Crippen molar-refractivity contribution in [3.8, 4) is 0 Å². The van der Waals surface area contributed by atoms with E-state index in [0.717, 1.165) is 57.0 Å². The van der Waals surface area contributed by atoms with Crippen LogP contribution < -0.4 is 5.32 Å². The highest BCUT2D eigenvalue weighted by Crippen LogP contribution is 2.40.